The number of hydrogen-bond acceptors (Lipinski definition) is 4. The van der Waals surface area contributed by atoms with Gasteiger partial charge in [0.05, 0.1) is 10.6 Å². The lowest BCUT2D eigenvalue weighted by atomic mass is 10.1. The minimum atomic E-state index is -4.05. The molecule has 0 heterocycles. The van der Waals surface area contributed by atoms with E-state index in [-0.39, 0.29) is 22.1 Å². The van der Waals surface area contributed by atoms with Crippen LogP contribution in [0.25, 0.3) is 0 Å². The van der Waals surface area contributed by atoms with Crippen LogP contribution < -0.4 is 10.0 Å². The van der Waals surface area contributed by atoms with Crippen molar-refractivity contribution < 1.29 is 17.6 Å². The van der Waals surface area contributed by atoms with Crippen LogP contribution in [-0.4, -0.2) is 39.4 Å². The molecule has 0 bridgehead atoms. The summed E-state index contributed by atoms with van der Waals surface area (Å²) in [5, 5.41) is 2.86. The zero-order valence-electron chi connectivity index (χ0n) is 18.7. The molecule has 6 nitrogen and oxygen atoms in total. The molecule has 3 aromatic rings. The van der Waals surface area contributed by atoms with Gasteiger partial charge in [-0.15, -0.1) is 0 Å². The van der Waals surface area contributed by atoms with Crippen molar-refractivity contribution in [2.45, 2.75) is 24.8 Å². The van der Waals surface area contributed by atoms with E-state index in [4.69, 9.17) is 0 Å². The fraction of sp³-hybridized carbons (Fsp3) is 0.240. The average molecular weight is 470 g/mol. The monoisotopic (exact) mass is 469 g/mol. The number of nitrogens with zero attached hydrogens (tertiary/aromatic N) is 1. The lowest BCUT2D eigenvalue weighted by Gasteiger charge is -2.17. The maximum Gasteiger partial charge on any atom is 0.262 e. The molecule has 1 amide bonds. The van der Waals surface area contributed by atoms with E-state index in [2.05, 4.69) is 27.1 Å². The predicted octanol–water partition coefficient (Wildman–Crippen LogP) is 4.19. The third kappa shape index (κ3) is 6.87. The number of rotatable bonds is 10. The van der Waals surface area contributed by atoms with Gasteiger partial charge in [-0.05, 0) is 62.3 Å². The molecule has 0 aromatic heterocycles. The van der Waals surface area contributed by atoms with Crippen molar-refractivity contribution in [3.63, 3.8) is 0 Å². The number of hydrogen-bond donors (Lipinski definition) is 2. The number of benzene rings is 3. The maximum atomic E-state index is 13.9. The van der Waals surface area contributed by atoms with Crippen molar-refractivity contribution in [3.05, 3.63) is 95.3 Å². The predicted molar refractivity (Wildman–Crippen MR) is 128 cm³/mol. The second-order valence-corrected chi connectivity index (χ2v) is 9.58. The molecule has 174 valence electrons. The zero-order chi connectivity index (χ0) is 23.8. The molecule has 33 heavy (non-hydrogen) atoms. The van der Waals surface area contributed by atoms with Crippen LogP contribution in [-0.2, 0) is 16.6 Å². The summed E-state index contributed by atoms with van der Waals surface area (Å²) < 4.78 is 41.5. The van der Waals surface area contributed by atoms with Crippen LogP contribution in [0.3, 0.4) is 0 Å². The van der Waals surface area contributed by atoms with Gasteiger partial charge in [-0.2, -0.15) is 0 Å². The van der Waals surface area contributed by atoms with Gasteiger partial charge in [-0.1, -0.05) is 48.5 Å². The molecule has 0 spiro atoms. The Kier molecular flexibility index (Phi) is 8.19. The molecule has 0 aliphatic rings. The molecule has 0 aliphatic heterocycles. The Morgan fingerprint density at radius 2 is 1.70 bits per heavy atom. The Balaban J connectivity index is 1.58. The van der Waals surface area contributed by atoms with Crippen LogP contribution in [0.4, 0.5) is 10.1 Å². The summed E-state index contributed by atoms with van der Waals surface area (Å²) in [7, 11) is -2.03. The molecule has 2 N–H and O–H groups in total. The smallest absolute Gasteiger partial charge is 0.262 e. The van der Waals surface area contributed by atoms with E-state index < -0.39 is 15.8 Å². The number of carbonyl (C=O) groups excluding carboxylic acids is 1. The molecule has 8 heteroatoms. The van der Waals surface area contributed by atoms with Gasteiger partial charge in [0.15, 0.2) is 0 Å². The summed E-state index contributed by atoms with van der Waals surface area (Å²) in [6.45, 7) is 3.82. The highest BCUT2D eigenvalue weighted by Crippen LogP contribution is 2.21. The molecular formula is C25H28FN3O3S. The molecule has 0 aliphatic carbocycles. The van der Waals surface area contributed by atoms with Crippen LogP contribution in [0.5, 0.6) is 0 Å². The highest BCUT2D eigenvalue weighted by molar-refractivity contribution is 7.92. The van der Waals surface area contributed by atoms with Crippen molar-refractivity contribution in [1.82, 2.24) is 10.2 Å². The number of carbonyl (C=O) groups is 1. The molecule has 0 atom stereocenters. The molecular weight excluding hydrogens is 441 g/mol. The van der Waals surface area contributed by atoms with Crippen LogP contribution >= 0.6 is 0 Å². The minimum absolute atomic E-state index is 0.107. The van der Waals surface area contributed by atoms with E-state index >= 15 is 0 Å². The Hall–Kier alpha value is -3.23. The van der Waals surface area contributed by atoms with Gasteiger partial charge in [0.25, 0.3) is 15.9 Å². The van der Waals surface area contributed by atoms with Gasteiger partial charge in [-0.25, -0.2) is 12.8 Å². The van der Waals surface area contributed by atoms with Gasteiger partial charge < -0.3 is 10.2 Å². The quantitative estimate of drug-likeness (QED) is 0.437. The first-order valence-electron chi connectivity index (χ1n) is 10.6. The van der Waals surface area contributed by atoms with E-state index in [0.717, 1.165) is 19.5 Å². The molecule has 0 radical (unpaired) electrons. The van der Waals surface area contributed by atoms with Crippen molar-refractivity contribution in [2.24, 2.45) is 0 Å². The van der Waals surface area contributed by atoms with Crippen molar-refractivity contribution in [2.75, 3.05) is 24.9 Å². The van der Waals surface area contributed by atoms with E-state index in [9.17, 15) is 17.6 Å². The lowest BCUT2D eigenvalue weighted by Crippen LogP contribution is -2.28. The Bertz CT molecular complexity index is 1200. The second-order valence-electron chi connectivity index (χ2n) is 7.89. The highest BCUT2D eigenvalue weighted by atomic mass is 32.2. The molecule has 0 saturated heterocycles. The van der Waals surface area contributed by atoms with Gasteiger partial charge in [0, 0.05) is 18.7 Å². The van der Waals surface area contributed by atoms with Gasteiger partial charge >= 0.3 is 0 Å². The molecule has 0 fully saturated rings. The normalized spacial score (nSPS) is 11.4. The summed E-state index contributed by atoms with van der Waals surface area (Å²) in [6.07, 6.45) is 0.751. The van der Waals surface area contributed by atoms with Crippen LogP contribution in [0, 0.1) is 12.7 Å². The third-order valence-corrected chi connectivity index (χ3v) is 6.54. The van der Waals surface area contributed by atoms with Crippen molar-refractivity contribution in [3.8, 4) is 0 Å². The zero-order valence-corrected chi connectivity index (χ0v) is 19.5. The average Bonchev–Trinajstić information content (AvgIpc) is 2.79. The highest BCUT2D eigenvalue weighted by Gasteiger charge is 2.19. The van der Waals surface area contributed by atoms with Crippen LogP contribution in [0.1, 0.15) is 27.9 Å². The first kappa shape index (κ1) is 24.4. The minimum Gasteiger partial charge on any atom is -0.352 e. The first-order valence-corrected chi connectivity index (χ1v) is 12.1. The fourth-order valence-corrected chi connectivity index (χ4v) is 4.47. The molecule has 0 unspecified atom stereocenters. The summed E-state index contributed by atoms with van der Waals surface area (Å²) in [4.78, 5) is 14.8. The molecule has 3 aromatic carbocycles. The summed E-state index contributed by atoms with van der Waals surface area (Å²) >= 11 is 0. The van der Waals surface area contributed by atoms with Crippen LogP contribution in [0.2, 0.25) is 0 Å². The van der Waals surface area contributed by atoms with Crippen molar-refractivity contribution in [1.29, 1.82) is 0 Å². The Morgan fingerprint density at radius 3 is 2.42 bits per heavy atom. The van der Waals surface area contributed by atoms with E-state index in [1.165, 1.54) is 42.0 Å². The summed E-state index contributed by atoms with van der Waals surface area (Å²) in [5.74, 6) is -1.02. The number of halogens is 1. The molecule has 3 rings (SSSR count). The number of amides is 1. The third-order valence-electron chi connectivity index (χ3n) is 5.18. The van der Waals surface area contributed by atoms with E-state index in [0.29, 0.717) is 12.1 Å². The standard InChI is InChI=1S/C25H28FN3O3S/c1-19-13-14-21(33(31,32)28-24-12-7-6-11-23(24)26)17-22(19)25(30)27-15-8-16-29(2)18-20-9-4-3-5-10-20/h3-7,9-14,17,28H,8,15-16,18H2,1-2H3,(H,27,30). The fourth-order valence-electron chi connectivity index (χ4n) is 3.38. The van der Waals surface area contributed by atoms with Crippen LogP contribution in [0.15, 0.2) is 77.7 Å². The molecule has 0 saturated carbocycles. The number of aryl methyl sites for hydroxylation is 1. The number of sulfonamides is 1. The second kappa shape index (κ2) is 11.1. The lowest BCUT2D eigenvalue weighted by molar-refractivity contribution is 0.0951. The number of anilines is 1. The van der Waals surface area contributed by atoms with E-state index in [1.54, 1.807) is 13.0 Å². The van der Waals surface area contributed by atoms with Gasteiger partial charge in [0.2, 0.25) is 0 Å². The summed E-state index contributed by atoms with van der Waals surface area (Å²) in [5.41, 5.74) is 1.99. The SMILES string of the molecule is Cc1ccc(S(=O)(=O)Nc2ccccc2F)cc1C(=O)NCCCN(C)Cc1ccccc1. The Labute approximate surface area is 194 Å². The maximum absolute atomic E-state index is 13.9. The largest absolute Gasteiger partial charge is 0.352 e. The van der Waals surface area contributed by atoms with Crippen molar-refractivity contribution >= 4 is 21.6 Å². The first-order chi connectivity index (χ1) is 15.8. The Morgan fingerprint density at radius 1 is 1.00 bits per heavy atom. The number of para-hydroxylation sites is 1. The number of nitrogens with one attached hydrogen (secondary N) is 2. The van der Waals surface area contributed by atoms with Gasteiger partial charge in [-0.3, -0.25) is 9.52 Å². The topological polar surface area (TPSA) is 78.5 Å². The van der Waals surface area contributed by atoms with E-state index in [1.807, 2.05) is 25.2 Å². The van der Waals surface area contributed by atoms with Gasteiger partial charge in [0.1, 0.15) is 5.82 Å². The summed E-state index contributed by atoms with van der Waals surface area (Å²) in [6, 6.07) is 19.9.